The molecule has 2 N–H and O–H groups in total. The summed E-state index contributed by atoms with van der Waals surface area (Å²) in [6, 6.07) is 5.04. The van der Waals surface area contributed by atoms with Crippen LogP contribution in [0.2, 0.25) is 0 Å². The van der Waals surface area contributed by atoms with Crippen LogP contribution in [-0.2, 0) is 7.05 Å². The highest BCUT2D eigenvalue weighted by molar-refractivity contribution is 7.71. The molecule has 1 saturated heterocycles. The van der Waals surface area contributed by atoms with Crippen molar-refractivity contribution >= 4 is 29.0 Å². The smallest absolute Gasteiger partial charge is 0.261 e. The third-order valence-corrected chi connectivity index (χ3v) is 5.12. The van der Waals surface area contributed by atoms with Crippen molar-refractivity contribution in [3.63, 3.8) is 0 Å². The number of hydrogen-bond donors (Lipinski definition) is 2. The van der Waals surface area contributed by atoms with Gasteiger partial charge >= 0.3 is 0 Å². The van der Waals surface area contributed by atoms with Crippen LogP contribution in [0.15, 0.2) is 23.0 Å². The molecule has 1 fully saturated rings. The molecular weight excluding hydrogens is 336 g/mol. The molecule has 1 aromatic carbocycles. The fraction of sp³-hybridized carbons (Fsp3) is 0.500. The van der Waals surface area contributed by atoms with Crippen LogP contribution in [0.5, 0.6) is 0 Å². The number of aromatic amines is 1. The third kappa shape index (κ3) is 4.16. The first kappa shape index (κ1) is 17.8. The van der Waals surface area contributed by atoms with Crippen molar-refractivity contribution in [2.45, 2.75) is 25.7 Å². The summed E-state index contributed by atoms with van der Waals surface area (Å²) in [6.07, 6.45) is 4.85. The minimum absolute atomic E-state index is 0.125. The van der Waals surface area contributed by atoms with Gasteiger partial charge in [-0.3, -0.25) is 14.2 Å². The van der Waals surface area contributed by atoms with E-state index in [1.165, 1.54) is 36.9 Å². The van der Waals surface area contributed by atoms with Gasteiger partial charge in [-0.25, -0.2) is 0 Å². The number of hydrogen-bond acceptors (Lipinski definition) is 4. The van der Waals surface area contributed by atoms with E-state index < -0.39 is 0 Å². The van der Waals surface area contributed by atoms with Gasteiger partial charge < -0.3 is 15.2 Å². The van der Waals surface area contributed by atoms with Crippen molar-refractivity contribution in [1.82, 2.24) is 19.8 Å². The Morgan fingerprint density at radius 3 is 2.80 bits per heavy atom. The Hall–Kier alpha value is -1.99. The molecule has 2 aromatic rings. The predicted molar refractivity (Wildman–Crippen MR) is 102 cm³/mol. The van der Waals surface area contributed by atoms with E-state index in [1.54, 1.807) is 25.2 Å². The van der Waals surface area contributed by atoms with Gasteiger partial charge in [-0.1, -0.05) is 6.42 Å². The number of amides is 1. The summed E-state index contributed by atoms with van der Waals surface area (Å²) >= 11 is 5.13. The number of benzene rings is 1. The molecule has 2 heterocycles. The zero-order chi connectivity index (χ0) is 17.8. The van der Waals surface area contributed by atoms with Gasteiger partial charge in [-0.15, -0.1) is 0 Å². The van der Waals surface area contributed by atoms with E-state index in [9.17, 15) is 9.59 Å². The quantitative estimate of drug-likeness (QED) is 0.633. The van der Waals surface area contributed by atoms with Gasteiger partial charge in [-0.2, -0.15) is 0 Å². The molecule has 0 unspecified atom stereocenters. The lowest BCUT2D eigenvalue weighted by atomic mass is 10.1. The van der Waals surface area contributed by atoms with Crippen LogP contribution in [0.3, 0.4) is 0 Å². The lowest BCUT2D eigenvalue weighted by Crippen LogP contribution is -2.33. The summed E-state index contributed by atoms with van der Waals surface area (Å²) in [5.74, 6) is -0.125. The number of piperidine rings is 1. The number of carbonyl (C=O) groups is 1. The highest BCUT2D eigenvalue weighted by atomic mass is 32.1. The number of aromatic nitrogens is 2. The second-order valence-corrected chi connectivity index (χ2v) is 6.95. The Morgan fingerprint density at radius 2 is 2.04 bits per heavy atom. The number of carbonyl (C=O) groups excluding carboxylic acids is 1. The highest BCUT2D eigenvalue weighted by Gasteiger charge is 2.11. The number of fused-ring (bicyclic) bond motifs is 1. The number of nitrogens with one attached hydrogen (secondary N) is 2. The summed E-state index contributed by atoms with van der Waals surface area (Å²) < 4.78 is 1.73. The lowest BCUT2D eigenvalue weighted by Gasteiger charge is -2.26. The number of H-pyrrole nitrogens is 1. The Balaban J connectivity index is 1.61. The molecule has 0 radical (unpaired) electrons. The summed E-state index contributed by atoms with van der Waals surface area (Å²) in [7, 11) is 1.63. The number of rotatable bonds is 5. The van der Waals surface area contributed by atoms with Crippen LogP contribution in [0.25, 0.3) is 10.9 Å². The summed E-state index contributed by atoms with van der Waals surface area (Å²) in [6.45, 7) is 4.03. The van der Waals surface area contributed by atoms with Gasteiger partial charge in [0.25, 0.3) is 11.5 Å². The topological polar surface area (TPSA) is 70.1 Å². The predicted octanol–water partition coefficient (Wildman–Crippen LogP) is 2.20. The maximum atomic E-state index is 12.3. The summed E-state index contributed by atoms with van der Waals surface area (Å²) in [5, 5.41) is 3.48. The molecule has 6 nitrogen and oxygen atoms in total. The molecule has 134 valence electrons. The molecule has 25 heavy (non-hydrogen) atoms. The minimum Gasteiger partial charge on any atom is -0.352 e. The fourth-order valence-electron chi connectivity index (χ4n) is 3.24. The maximum Gasteiger partial charge on any atom is 0.261 e. The first-order valence-electron chi connectivity index (χ1n) is 8.80. The molecule has 7 heteroatoms. The number of likely N-dealkylation sites (tertiary alicyclic amines) is 1. The third-order valence-electron chi connectivity index (χ3n) is 4.75. The SMILES string of the molecule is Cn1c(=S)[nH]c2cc(C(=O)NCCCN3CCCCC3)ccc2c1=O. The molecule has 1 amide bonds. The molecule has 1 aliphatic heterocycles. The molecule has 0 spiro atoms. The second kappa shape index (κ2) is 7.93. The van der Waals surface area contributed by atoms with Crippen molar-refractivity contribution in [2.24, 2.45) is 7.05 Å². The maximum absolute atomic E-state index is 12.3. The van der Waals surface area contributed by atoms with E-state index in [0.717, 1.165) is 13.0 Å². The molecule has 1 aliphatic rings. The molecular formula is C18H24N4O2S. The van der Waals surface area contributed by atoms with Gasteiger partial charge in [0.2, 0.25) is 0 Å². The van der Waals surface area contributed by atoms with Crippen LogP contribution in [0, 0.1) is 4.77 Å². The zero-order valence-electron chi connectivity index (χ0n) is 14.5. The normalized spacial score (nSPS) is 15.4. The van der Waals surface area contributed by atoms with Crippen LogP contribution in [-0.4, -0.2) is 46.5 Å². The van der Waals surface area contributed by atoms with Gasteiger partial charge in [0, 0.05) is 19.2 Å². The molecule has 3 rings (SSSR count). The molecule has 0 atom stereocenters. The summed E-state index contributed by atoms with van der Waals surface area (Å²) in [4.78, 5) is 29.9. The Morgan fingerprint density at radius 1 is 1.28 bits per heavy atom. The monoisotopic (exact) mass is 360 g/mol. The van der Waals surface area contributed by atoms with Gasteiger partial charge in [0.05, 0.1) is 10.9 Å². The molecule has 0 aliphatic carbocycles. The van der Waals surface area contributed by atoms with E-state index in [-0.39, 0.29) is 11.5 Å². The molecule has 0 bridgehead atoms. The van der Waals surface area contributed by atoms with Crippen molar-refractivity contribution in [3.8, 4) is 0 Å². The van der Waals surface area contributed by atoms with E-state index in [4.69, 9.17) is 12.2 Å². The molecule has 1 aromatic heterocycles. The van der Waals surface area contributed by atoms with E-state index in [0.29, 0.717) is 27.8 Å². The van der Waals surface area contributed by atoms with Crippen molar-refractivity contribution in [3.05, 3.63) is 38.9 Å². The van der Waals surface area contributed by atoms with Crippen molar-refractivity contribution in [1.29, 1.82) is 0 Å². The van der Waals surface area contributed by atoms with Gasteiger partial charge in [0.15, 0.2) is 4.77 Å². The fourth-order valence-corrected chi connectivity index (χ4v) is 3.43. The van der Waals surface area contributed by atoms with Gasteiger partial charge in [0.1, 0.15) is 0 Å². The standard InChI is InChI=1S/C18H24N4O2S/c1-21-17(24)14-7-6-13(12-15(14)20-18(21)25)16(23)19-8-5-11-22-9-3-2-4-10-22/h6-7,12H,2-5,8-11H2,1H3,(H,19,23)(H,20,25). The van der Waals surface area contributed by atoms with Crippen LogP contribution >= 0.6 is 12.2 Å². The first-order chi connectivity index (χ1) is 12.1. The minimum atomic E-state index is -0.160. The number of nitrogens with zero attached hydrogens (tertiary/aromatic N) is 2. The van der Waals surface area contributed by atoms with Crippen LogP contribution in [0.1, 0.15) is 36.0 Å². The Kier molecular flexibility index (Phi) is 5.65. The van der Waals surface area contributed by atoms with Crippen molar-refractivity contribution < 1.29 is 4.79 Å². The van der Waals surface area contributed by atoms with Crippen LogP contribution < -0.4 is 10.9 Å². The average Bonchev–Trinajstić information content (AvgIpc) is 2.63. The van der Waals surface area contributed by atoms with E-state index >= 15 is 0 Å². The highest BCUT2D eigenvalue weighted by Crippen LogP contribution is 2.11. The Bertz CT molecular complexity index is 881. The van der Waals surface area contributed by atoms with Crippen LogP contribution in [0.4, 0.5) is 0 Å². The van der Waals surface area contributed by atoms with E-state index in [2.05, 4.69) is 15.2 Å². The zero-order valence-corrected chi connectivity index (χ0v) is 15.3. The van der Waals surface area contributed by atoms with E-state index in [1.807, 2.05) is 0 Å². The lowest BCUT2D eigenvalue weighted by molar-refractivity contribution is 0.0951. The Labute approximate surface area is 151 Å². The average molecular weight is 360 g/mol. The first-order valence-corrected chi connectivity index (χ1v) is 9.21. The largest absolute Gasteiger partial charge is 0.352 e. The van der Waals surface area contributed by atoms with Crippen molar-refractivity contribution in [2.75, 3.05) is 26.2 Å². The molecule has 0 saturated carbocycles. The summed E-state index contributed by atoms with van der Waals surface area (Å²) in [5.41, 5.74) is 0.964. The van der Waals surface area contributed by atoms with Gasteiger partial charge in [-0.05, 0) is 69.3 Å². The second-order valence-electron chi connectivity index (χ2n) is 6.57.